The van der Waals surface area contributed by atoms with Gasteiger partial charge in [-0.3, -0.25) is 24.3 Å². The van der Waals surface area contributed by atoms with Crippen molar-refractivity contribution in [3.05, 3.63) is 39.8 Å². The quantitative estimate of drug-likeness (QED) is 0.541. The number of nitrogens with zero attached hydrogens (tertiary/aromatic N) is 3. The predicted octanol–water partition coefficient (Wildman–Crippen LogP) is 3.44. The third-order valence-corrected chi connectivity index (χ3v) is 10.4. The summed E-state index contributed by atoms with van der Waals surface area (Å²) >= 11 is 0. The summed E-state index contributed by atoms with van der Waals surface area (Å²) in [6, 6.07) is 3.79. The fourth-order valence-corrected chi connectivity index (χ4v) is 7.53. The summed E-state index contributed by atoms with van der Waals surface area (Å²) in [7, 11) is -3.69. The highest BCUT2D eigenvalue weighted by atomic mass is 32.2. The van der Waals surface area contributed by atoms with E-state index in [0.717, 1.165) is 53.8 Å². The van der Waals surface area contributed by atoms with E-state index in [0.29, 0.717) is 24.7 Å². The molecular formula is C29H38N4O5S. The van der Waals surface area contributed by atoms with Gasteiger partial charge in [-0.25, -0.2) is 8.42 Å². The minimum Gasteiger partial charge on any atom is -0.312 e. The van der Waals surface area contributed by atoms with E-state index < -0.39 is 15.6 Å². The minimum atomic E-state index is -3.69. The number of hydrogen-bond acceptors (Lipinski definition) is 6. The van der Waals surface area contributed by atoms with E-state index in [1.54, 1.807) is 6.08 Å². The molecule has 10 heteroatoms. The van der Waals surface area contributed by atoms with Crippen LogP contribution in [-0.4, -0.2) is 59.8 Å². The number of likely N-dealkylation sites (tertiary alicyclic amines) is 1. The van der Waals surface area contributed by atoms with Gasteiger partial charge in [-0.2, -0.15) is 4.31 Å². The Labute approximate surface area is 230 Å². The van der Waals surface area contributed by atoms with Gasteiger partial charge in [-0.15, -0.1) is 0 Å². The lowest BCUT2D eigenvalue weighted by Crippen LogP contribution is -2.50. The SMILES string of the molecule is Cc1cc(CN2C(=O)CCC2=O)cc(C)c1C=CS(=O)(=O)N1CCC2(CC1)N=C(C1CCC(C)CC1)NC2=O. The van der Waals surface area contributed by atoms with Crippen molar-refractivity contribution in [2.24, 2.45) is 16.8 Å². The Bertz CT molecular complexity index is 1310. The molecule has 0 unspecified atom stereocenters. The van der Waals surface area contributed by atoms with Crippen LogP contribution < -0.4 is 5.32 Å². The van der Waals surface area contributed by atoms with Crippen LogP contribution in [0.5, 0.6) is 0 Å². The van der Waals surface area contributed by atoms with Crippen LogP contribution in [0.2, 0.25) is 0 Å². The molecule has 210 valence electrons. The molecule has 1 aliphatic carbocycles. The fraction of sp³-hybridized carbons (Fsp3) is 0.586. The Morgan fingerprint density at radius 3 is 2.18 bits per heavy atom. The number of sulfonamides is 1. The second-order valence-corrected chi connectivity index (χ2v) is 13.5. The van der Waals surface area contributed by atoms with E-state index in [9.17, 15) is 22.8 Å². The number of rotatable bonds is 6. The van der Waals surface area contributed by atoms with Crippen LogP contribution in [0.3, 0.4) is 0 Å². The first-order valence-electron chi connectivity index (χ1n) is 14.0. The normalized spacial score (nSPS) is 26.1. The van der Waals surface area contributed by atoms with Gasteiger partial charge in [0.25, 0.3) is 5.91 Å². The van der Waals surface area contributed by atoms with Crippen molar-refractivity contribution >= 4 is 39.7 Å². The van der Waals surface area contributed by atoms with Crippen molar-refractivity contribution in [2.75, 3.05) is 13.1 Å². The van der Waals surface area contributed by atoms with E-state index in [-0.39, 0.29) is 50.2 Å². The minimum absolute atomic E-state index is 0.0904. The number of amides is 3. The Hall–Kier alpha value is -2.85. The number of aliphatic imine (C=N–C) groups is 1. The van der Waals surface area contributed by atoms with Gasteiger partial charge in [0.05, 0.1) is 6.54 Å². The van der Waals surface area contributed by atoms with Crippen molar-refractivity contribution in [1.82, 2.24) is 14.5 Å². The van der Waals surface area contributed by atoms with Crippen LogP contribution in [0.4, 0.5) is 0 Å². The molecule has 1 spiro atoms. The van der Waals surface area contributed by atoms with Crippen molar-refractivity contribution in [2.45, 2.75) is 84.2 Å². The van der Waals surface area contributed by atoms with Gasteiger partial charge in [0.1, 0.15) is 11.4 Å². The lowest BCUT2D eigenvalue weighted by Gasteiger charge is -2.34. The Balaban J connectivity index is 1.24. The topological polar surface area (TPSA) is 116 Å². The molecule has 2 saturated heterocycles. The van der Waals surface area contributed by atoms with Crippen molar-refractivity contribution in [3.63, 3.8) is 0 Å². The molecule has 3 amide bonds. The predicted molar refractivity (Wildman–Crippen MR) is 149 cm³/mol. The summed E-state index contributed by atoms with van der Waals surface area (Å²) in [6.07, 6.45) is 7.23. The molecule has 39 heavy (non-hydrogen) atoms. The summed E-state index contributed by atoms with van der Waals surface area (Å²) in [5.74, 6) is 1.40. The number of benzene rings is 1. The number of imide groups is 1. The number of hydrogen-bond donors (Lipinski definition) is 1. The molecule has 0 atom stereocenters. The highest BCUT2D eigenvalue weighted by molar-refractivity contribution is 7.92. The molecule has 4 aliphatic rings. The highest BCUT2D eigenvalue weighted by Gasteiger charge is 2.48. The van der Waals surface area contributed by atoms with Gasteiger partial charge in [0.15, 0.2) is 0 Å². The number of amidine groups is 1. The summed E-state index contributed by atoms with van der Waals surface area (Å²) in [5.41, 5.74) is 2.52. The zero-order valence-corrected chi connectivity index (χ0v) is 23.8. The maximum atomic E-state index is 13.2. The summed E-state index contributed by atoms with van der Waals surface area (Å²) in [6.45, 7) is 6.76. The highest BCUT2D eigenvalue weighted by Crippen LogP contribution is 2.36. The molecule has 1 aromatic carbocycles. The van der Waals surface area contributed by atoms with Crippen molar-refractivity contribution in [3.8, 4) is 0 Å². The molecule has 3 aliphatic heterocycles. The standard InChI is InChI=1S/C29H38N4O5S/c1-19-4-6-23(7-5-19)27-30-28(36)29(31-27)11-13-32(14-12-29)39(37,38)15-10-24-20(2)16-22(17-21(24)3)18-33-25(34)8-9-26(33)35/h10,15-17,19,23H,4-9,11-14,18H2,1-3H3,(H,30,31,36). The molecule has 0 bridgehead atoms. The second kappa shape index (κ2) is 10.6. The zero-order valence-electron chi connectivity index (χ0n) is 23.0. The number of piperidine rings is 1. The zero-order chi connectivity index (χ0) is 27.9. The number of carbonyl (C=O) groups is 3. The summed E-state index contributed by atoms with van der Waals surface area (Å²) in [5, 5.41) is 4.27. The third-order valence-electron chi connectivity index (χ3n) is 8.87. The number of carbonyl (C=O) groups excluding carboxylic acids is 3. The van der Waals surface area contributed by atoms with Gasteiger partial charge in [-0.05, 0) is 73.8 Å². The largest absolute Gasteiger partial charge is 0.312 e. The van der Waals surface area contributed by atoms with Gasteiger partial charge < -0.3 is 5.32 Å². The first-order chi connectivity index (χ1) is 18.5. The molecule has 1 aromatic rings. The molecule has 3 fully saturated rings. The van der Waals surface area contributed by atoms with Gasteiger partial charge in [0.2, 0.25) is 21.8 Å². The molecule has 0 aromatic heterocycles. The molecule has 1 saturated carbocycles. The third kappa shape index (κ3) is 5.59. The molecule has 1 N–H and O–H groups in total. The van der Waals surface area contributed by atoms with Gasteiger partial charge in [-0.1, -0.05) is 31.9 Å². The smallest absolute Gasteiger partial charge is 0.253 e. The van der Waals surface area contributed by atoms with Gasteiger partial charge >= 0.3 is 0 Å². The molecular weight excluding hydrogens is 516 g/mol. The van der Waals surface area contributed by atoms with Crippen LogP contribution >= 0.6 is 0 Å². The summed E-state index contributed by atoms with van der Waals surface area (Å²) < 4.78 is 27.8. The second-order valence-electron chi connectivity index (χ2n) is 11.7. The van der Waals surface area contributed by atoms with Gasteiger partial charge in [0, 0.05) is 37.3 Å². The Kier molecular flexibility index (Phi) is 7.54. The number of aryl methyl sites for hydroxylation is 2. The first-order valence-corrected chi connectivity index (χ1v) is 15.5. The average Bonchev–Trinajstić information content (AvgIpc) is 3.37. The fourth-order valence-electron chi connectivity index (χ4n) is 6.36. The van der Waals surface area contributed by atoms with E-state index in [4.69, 9.17) is 4.99 Å². The lowest BCUT2D eigenvalue weighted by molar-refractivity contribution is -0.139. The molecule has 0 radical (unpaired) electrons. The Morgan fingerprint density at radius 1 is 1.00 bits per heavy atom. The van der Waals surface area contributed by atoms with E-state index in [2.05, 4.69) is 12.2 Å². The van der Waals surface area contributed by atoms with Crippen LogP contribution in [0.1, 0.15) is 80.5 Å². The Morgan fingerprint density at radius 2 is 1.59 bits per heavy atom. The monoisotopic (exact) mass is 554 g/mol. The molecule has 3 heterocycles. The van der Waals surface area contributed by atoms with E-state index >= 15 is 0 Å². The van der Waals surface area contributed by atoms with Crippen molar-refractivity contribution < 1.29 is 22.8 Å². The van der Waals surface area contributed by atoms with E-state index in [1.165, 1.54) is 14.6 Å². The van der Waals surface area contributed by atoms with E-state index in [1.807, 2.05) is 26.0 Å². The summed E-state index contributed by atoms with van der Waals surface area (Å²) in [4.78, 5) is 43.0. The molecule has 5 rings (SSSR count). The molecule has 9 nitrogen and oxygen atoms in total. The number of nitrogens with one attached hydrogen (secondary N) is 1. The first kappa shape index (κ1) is 27.7. The maximum absolute atomic E-state index is 13.2. The van der Waals surface area contributed by atoms with Crippen LogP contribution in [0.25, 0.3) is 6.08 Å². The average molecular weight is 555 g/mol. The van der Waals surface area contributed by atoms with Crippen LogP contribution in [0, 0.1) is 25.7 Å². The maximum Gasteiger partial charge on any atom is 0.253 e. The lowest BCUT2D eigenvalue weighted by atomic mass is 9.82. The van der Waals surface area contributed by atoms with Crippen LogP contribution in [-0.2, 0) is 31.0 Å². The van der Waals surface area contributed by atoms with Crippen LogP contribution in [0.15, 0.2) is 22.5 Å². The van der Waals surface area contributed by atoms with Crippen molar-refractivity contribution in [1.29, 1.82) is 0 Å².